The summed E-state index contributed by atoms with van der Waals surface area (Å²) in [6.07, 6.45) is 9.84. The molecule has 2 aromatic carbocycles. The van der Waals surface area contributed by atoms with Crippen molar-refractivity contribution in [3.8, 4) is 28.7 Å². The van der Waals surface area contributed by atoms with E-state index < -0.39 is 5.97 Å². The lowest BCUT2D eigenvalue weighted by atomic mass is 10.1. The van der Waals surface area contributed by atoms with Crippen LogP contribution in [0.2, 0.25) is 0 Å². The lowest BCUT2D eigenvalue weighted by Crippen LogP contribution is -2.38. The molecule has 4 aliphatic heterocycles. The molecular formula is C58H79N7O13S. The van der Waals surface area contributed by atoms with Crippen LogP contribution in [0.4, 0.5) is 11.4 Å². The van der Waals surface area contributed by atoms with Crippen LogP contribution in [0.1, 0.15) is 74.3 Å². The Labute approximate surface area is 469 Å². The molecule has 2 amide bonds. The number of carboxylic acid groups (broad SMARTS) is 1. The van der Waals surface area contributed by atoms with Gasteiger partial charge >= 0.3 is 5.97 Å². The Balaban J connectivity index is 0.922. The van der Waals surface area contributed by atoms with Crippen LogP contribution < -0.4 is 23.7 Å². The smallest absolute Gasteiger partial charge is 0.305 e. The molecule has 7 rings (SSSR count). The highest BCUT2D eigenvalue weighted by molar-refractivity contribution is 8.01. The standard InChI is InChI=1S/C58H79N7O13S/c1-9-40-23-45-31-59-49-29-53(51(70-7)25-42(49)35-64(45)33-40)77-36-43-26-47(27-44(61-43)37-78-54-30-50-48(28-52(54)71-8)57(69)65-34-41(10-2)24-46(65)32-60-50)76-16-12-62(5)39-58(3,4)79-38-55(66)63(6)13-15-73-18-20-75-22-21-74-19-17-72-14-11-56(67)68/h9-10,25-32,45-46H,11-24,33-39H2,1-8H3,(H,67,68). The monoisotopic (exact) mass is 1110 g/mol. The zero-order chi connectivity index (χ0) is 56.3. The molecule has 2 fully saturated rings. The molecule has 1 aromatic heterocycles. The molecule has 0 saturated carbocycles. The van der Waals surface area contributed by atoms with Crippen LogP contribution in [-0.2, 0) is 48.3 Å². The molecule has 0 radical (unpaired) electrons. The number of amides is 2. The summed E-state index contributed by atoms with van der Waals surface area (Å²) >= 11 is 1.61. The summed E-state index contributed by atoms with van der Waals surface area (Å²) in [5, 5.41) is 8.63. The van der Waals surface area contributed by atoms with Gasteiger partial charge in [0.05, 0.1) is 114 Å². The minimum atomic E-state index is -0.892. The summed E-state index contributed by atoms with van der Waals surface area (Å²) in [6.45, 7) is 15.8. The molecule has 0 aliphatic carbocycles. The summed E-state index contributed by atoms with van der Waals surface area (Å²) < 4.78 is 52.5. The van der Waals surface area contributed by atoms with Crippen LogP contribution in [0, 0.1) is 0 Å². The molecule has 0 bridgehead atoms. The molecule has 79 heavy (non-hydrogen) atoms. The number of aliphatic carboxylic acids is 1. The Bertz CT molecular complexity index is 2680. The highest BCUT2D eigenvalue weighted by Crippen LogP contribution is 2.41. The Hall–Kier alpha value is -6.07. The third-order valence-corrected chi connectivity index (χ3v) is 15.2. The van der Waals surface area contributed by atoms with E-state index in [-0.39, 0.29) is 54.9 Å². The number of carbonyl (C=O) groups is 3. The number of hydrogen-bond donors (Lipinski definition) is 1. The number of thioether (sulfide) groups is 1. The first-order chi connectivity index (χ1) is 38.1. The molecule has 2 atom stereocenters. The van der Waals surface area contributed by atoms with Crippen LogP contribution in [0.5, 0.6) is 28.7 Å². The molecule has 21 heteroatoms. The average molecular weight is 1110 g/mol. The second kappa shape index (κ2) is 29.9. The Morgan fingerprint density at radius 1 is 0.709 bits per heavy atom. The van der Waals surface area contributed by atoms with Gasteiger partial charge in [-0.1, -0.05) is 23.3 Å². The number of benzene rings is 2. The van der Waals surface area contributed by atoms with Crippen LogP contribution in [-0.4, -0.2) is 203 Å². The van der Waals surface area contributed by atoms with E-state index in [4.69, 9.17) is 62.7 Å². The van der Waals surface area contributed by atoms with Crippen LogP contribution >= 0.6 is 11.8 Å². The van der Waals surface area contributed by atoms with Crippen molar-refractivity contribution in [3.05, 3.63) is 82.2 Å². The van der Waals surface area contributed by atoms with E-state index in [1.54, 1.807) is 50.1 Å². The van der Waals surface area contributed by atoms with Gasteiger partial charge in [-0.15, -0.1) is 11.8 Å². The maximum atomic E-state index is 13.8. The number of likely N-dealkylation sites (N-methyl/N-ethyl adjacent to an activating group) is 2. The second-order valence-corrected chi connectivity index (χ2v) is 22.1. The van der Waals surface area contributed by atoms with Crippen molar-refractivity contribution in [2.75, 3.05) is 126 Å². The van der Waals surface area contributed by atoms with Gasteiger partial charge in [-0.05, 0) is 65.3 Å². The van der Waals surface area contributed by atoms with E-state index >= 15 is 0 Å². The van der Waals surface area contributed by atoms with Crippen molar-refractivity contribution in [2.24, 2.45) is 9.98 Å². The van der Waals surface area contributed by atoms with Crippen LogP contribution in [0.25, 0.3) is 0 Å². The van der Waals surface area contributed by atoms with Gasteiger partial charge in [0.2, 0.25) is 5.91 Å². The molecule has 3 aromatic rings. The molecule has 5 heterocycles. The number of fused-ring (bicyclic) bond motifs is 4. The lowest BCUT2D eigenvalue weighted by Gasteiger charge is -2.30. The van der Waals surface area contributed by atoms with Crippen molar-refractivity contribution in [3.63, 3.8) is 0 Å². The molecule has 2 unspecified atom stereocenters. The van der Waals surface area contributed by atoms with Crippen LogP contribution in [0.15, 0.2) is 69.7 Å². The number of aliphatic imine (C=N–C) groups is 2. The fourth-order valence-corrected chi connectivity index (χ4v) is 10.5. The number of allylic oxidation sites excluding steroid dienone is 2. The van der Waals surface area contributed by atoms with Crippen molar-refractivity contribution >= 4 is 53.3 Å². The Morgan fingerprint density at radius 2 is 1.29 bits per heavy atom. The zero-order valence-corrected chi connectivity index (χ0v) is 48.0. The lowest BCUT2D eigenvalue weighted by molar-refractivity contribution is -0.138. The van der Waals surface area contributed by atoms with Gasteiger partial charge in [0, 0.05) is 93.8 Å². The van der Waals surface area contributed by atoms with E-state index in [0.717, 1.165) is 37.2 Å². The van der Waals surface area contributed by atoms with E-state index in [9.17, 15) is 14.4 Å². The van der Waals surface area contributed by atoms with Gasteiger partial charge in [-0.25, -0.2) is 0 Å². The van der Waals surface area contributed by atoms with E-state index in [0.29, 0.717) is 136 Å². The van der Waals surface area contributed by atoms with Gasteiger partial charge in [-0.2, -0.15) is 0 Å². The predicted molar refractivity (Wildman–Crippen MR) is 304 cm³/mol. The first kappa shape index (κ1) is 60.6. The van der Waals surface area contributed by atoms with E-state index in [1.165, 1.54) is 11.1 Å². The largest absolute Gasteiger partial charge is 0.493 e. The maximum Gasteiger partial charge on any atom is 0.305 e. The summed E-state index contributed by atoms with van der Waals surface area (Å²) in [6, 6.07) is 11.3. The first-order valence-electron chi connectivity index (χ1n) is 27.0. The van der Waals surface area contributed by atoms with Gasteiger partial charge in [-0.3, -0.25) is 34.3 Å². The number of methoxy groups -OCH3 is 2. The highest BCUT2D eigenvalue weighted by Gasteiger charge is 2.35. The zero-order valence-electron chi connectivity index (χ0n) is 47.2. The fraction of sp³-hybridized carbons (Fsp3) is 0.552. The van der Waals surface area contributed by atoms with Crippen molar-refractivity contribution in [2.45, 2.75) is 83.5 Å². The number of carboxylic acids is 1. The Kier molecular flexibility index (Phi) is 23.0. The number of carbonyl (C=O) groups excluding carboxylic acids is 2. The van der Waals surface area contributed by atoms with Gasteiger partial charge in [0.15, 0.2) is 23.0 Å². The predicted octanol–water partition coefficient (Wildman–Crippen LogP) is 7.19. The minimum absolute atomic E-state index is 0.0237. The van der Waals surface area contributed by atoms with E-state index in [2.05, 4.69) is 42.7 Å². The first-order valence-corrected chi connectivity index (χ1v) is 28.0. The molecule has 2 saturated heterocycles. The second-order valence-electron chi connectivity index (χ2n) is 20.4. The summed E-state index contributed by atoms with van der Waals surface area (Å²) in [5.41, 5.74) is 6.70. The van der Waals surface area contributed by atoms with Crippen LogP contribution in [0.3, 0.4) is 0 Å². The summed E-state index contributed by atoms with van der Waals surface area (Å²) in [4.78, 5) is 60.1. The van der Waals surface area contributed by atoms with Crippen molar-refractivity contribution in [1.82, 2.24) is 24.6 Å². The van der Waals surface area contributed by atoms with Gasteiger partial charge in [0.25, 0.3) is 5.91 Å². The third kappa shape index (κ3) is 18.0. The SMILES string of the molecule is CC=C1CC2C=Nc3cc(OCc4cc(OCCN(C)CC(C)(C)SCC(=O)N(C)CCOCCOCCOCCOCCC(=O)O)cc(COc5cc6c(cc5OC)C(=O)N5CC(=CC)CC5C=N6)n4)c(OC)cc3CN2C1. The summed E-state index contributed by atoms with van der Waals surface area (Å²) in [5.74, 6) is 1.93. The van der Waals surface area contributed by atoms with Crippen molar-refractivity contribution < 1.29 is 62.1 Å². The summed E-state index contributed by atoms with van der Waals surface area (Å²) in [7, 11) is 7.01. The highest BCUT2D eigenvalue weighted by atomic mass is 32.2. The van der Waals surface area contributed by atoms with E-state index in [1.807, 2.05) is 55.6 Å². The minimum Gasteiger partial charge on any atom is -0.493 e. The molecule has 20 nitrogen and oxygen atoms in total. The molecule has 430 valence electrons. The number of pyridine rings is 1. The average Bonchev–Trinajstić information content (AvgIpc) is 4.13. The topological polar surface area (TPSA) is 205 Å². The molecule has 4 aliphatic rings. The van der Waals surface area contributed by atoms with Gasteiger partial charge in [0.1, 0.15) is 25.6 Å². The van der Waals surface area contributed by atoms with Crippen molar-refractivity contribution in [1.29, 1.82) is 0 Å². The van der Waals surface area contributed by atoms with Gasteiger partial charge < -0.3 is 62.4 Å². The Morgan fingerprint density at radius 3 is 1.94 bits per heavy atom. The number of rotatable bonds is 32. The molecular weight excluding hydrogens is 1030 g/mol. The third-order valence-electron chi connectivity index (χ3n) is 13.9. The molecule has 1 N–H and O–H groups in total. The number of aromatic nitrogens is 1. The normalized spacial score (nSPS) is 17.8. The number of nitrogens with zero attached hydrogens (tertiary/aromatic N) is 7. The number of hydrogen-bond acceptors (Lipinski definition) is 18. The quantitative estimate of drug-likeness (QED) is 0.0485. The maximum absolute atomic E-state index is 13.8. The number of ether oxygens (including phenoxy) is 9. The molecule has 0 spiro atoms. The fourth-order valence-electron chi connectivity index (χ4n) is 9.49.